The van der Waals surface area contributed by atoms with Crippen LogP contribution in [0.2, 0.25) is 0 Å². The maximum atomic E-state index is 12.5. The van der Waals surface area contributed by atoms with Crippen LogP contribution in [0.25, 0.3) is 0 Å². The Kier molecular flexibility index (Phi) is 6.00. The van der Waals surface area contributed by atoms with Gasteiger partial charge in [-0.05, 0) is 41.2 Å². The second-order valence-corrected chi connectivity index (χ2v) is 7.44. The molecular weight excluding hydrogens is 350 g/mol. The molecule has 0 fully saturated rings. The average molecular weight is 374 g/mol. The van der Waals surface area contributed by atoms with Crippen molar-refractivity contribution in [1.82, 2.24) is 5.32 Å². The molecular formula is C20H24BrNO. The highest BCUT2D eigenvalue weighted by Crippen LogP contribution is 2.25. The van der Waals surface area contributed by atoms with Gasteiger partial charge in [-0.1, -0.05) is 74.0 Å². The van der Waals surface area contributed by atoms with E-state index in [1.165, 1.54) is 5.56 Å². The van der Waals surface area contributed by atoms with Crippen molar-refractivity contribution in [2.45, 2.75) is 39.7 Å². The van der Waals surface area contributed by atoms with E-state index in [0.29, 0.717) is 17.4 Å². The van der Waals surface area contributed by atoms with Crippen LogP contribution < -0.4 is 5.32 Å². The molecule has 0 unspecified atom stereocenters. The number of hydrogen-bond donors (Lipinski definition) is 1. The van der Waals surface area contributed by atoms with Gasteiger partial charge < -0.3 is 5.32 Å². The van der Waals surface area contributed by atoms with Crippen molar-refractivity contribution < 1.29 is 4.79 Å². The molecule has 2 aromatic rings. The fourth-order valence-electron chi connectivity index (χ4n) is 2.58. The lowest BCUT2D eigenvalue weighted by Gasteiger charge is -2.23. The fraction of sp³-hybridized carbons (Fsp3) is 0.350. The Morgan fingerprint density at radius 1 is 0.957 bits per heavy atom. The van der Waals surface area contributed by atoms with Gasteiger partial charge in [0.2, 0.25) is 0 Å². The van der Waals surface area contributed by atoms with Gasteiger partial charge in [-0.2, -0.15) is 0 Å². The Morgan fingerprint density at radius 2 is 1.57 bits per heavy atom. The minimum Gasteiger partial charge on any atom is -0.345 e. The van der Waals surface area contributed by atoms with E-state index in [2.05, 4.69) is 73.2 Å². The first-order valence-corrected chi connectivity index (χ1v) is 8.84. The van der Waals surface area contributed by atoms with Gasteiger partial charge in [-0.3, -0.25) is 4.79 Å². The van der Waals surface area contributed by atoms with Crippen LogP contribution in [0.4, 0.5) is 0 Å². The zero-order valence-corrected chi connectivity index (χ0v) is 15.7. The predicted octanol–water partition coefficient (Wildman–Crippen LogP) is 5.70. The number of halogens is 1. The lowest BCUT2D eigenvalue weighted by Crippen LogP contribution is -2.31. The zero-order valence-electron chi connectivity index (χ0n) is 14.1. The molecule has 2 nitrogen and oxygen atoms in total. The summed E-state index contributed by atoms with van der Waals surface area (Å²) in [5.74, 6) is 0.784. The Morgan fingerprint density at radius 3 is 2.09 bits per heavy atom. The van der Waals surface area contributed by atoms with Crippen molar-refractivity contribution in [2.75, 3.05) is 0 Å². The Labute approximate surface area is 147 Å². The molecule has 1 atom stereocenters. The van der Waals surface area contributed by atoms with Gasteiger partial charge in [0.05, 0.1) is 6.04 Å². The first-order valence-electron chi connectivity index (χ1n) is 8.04. The molecule has 3 heteroatoms. The molecule has 0 saturated carbocycles. The van der Waals surface area contributed by atoms with Crippen LogP contribution >= 0.6 is 15.9 Å². The van der Waals surface area contributed by atoms with Gasteiger partial charge >= 0.3 is 0 Å². The molecule has 0 spiro atoms. The monoisotopic (exact) mass is 373 g/mol. The highest BCUT2D eigenvalue weighted by molar-refractivity contribution is 9.10. The quantitative estimate of drug-likeness (QED) is 0.715. The van der Waals surface area contributed by atoms with Crippen LogP contribution in [-0.2, 0) is 0 Å². The number of rotatable bonds is 5. The van der Waals surface area contributed by atoms with Crippen molar-refractivity contribution in [2.24, 2.45) is 5.92 Å². The third-order valence-electron chi connectivity index (χ3n) is 4.00. The largest absolute Gasteiger partial charge is 0.345 e. The first kappa shape index (κ1) is 17.7. The summed E-state index contributed by atoms with van der Waals surface area (Å²) >= 11 is 3.41. The number of carbonyl (C=O) groups excluding carboxylic acids is 1. The molecule has 2 rings (SSSR count). The van der Waals surface area contributed by atoms with Gasteiger partial charge in [0.15, 0.2) is 0 Å². The highest BCUT2D eigenvalue weighted by Gasteiger charge is 2.19. The predicted molar refractivity (Wildman–Crippen MR) is 99.7 cm³/mol. The van der Waals surface area contributed by atoms with Gasteiger partial charge in [-0.15, -0.1) is 0 Å². The second-order valence-electron chi connectivity index (χ2n) is 6.53. The summed E-state index contributed by atoms with van der Waals surface area (Å²) in [5.41, 5.74) is 3.13. The molecule has 0 heterocycles. The van der Waals surface area contributed by atoms with Crippen molar-refractivity contribution in [3.63, 3.8) is 0 Å². The van der Waals surface area contributed by atoms with Crippen molar-refractivity contribution >= 4 is 21.8 Å². The number of benzene rings is 2. The molecule has 2 aromatic carbocycles. The lowest BCUT2D eigenvalue weighted by molar-refractivity contribution is 0.0925. The van der Waals surface area contributed by atoms with Crippen molar-refractivity contribution in [3.8, 4) is 0 Å². The Balaban J connectivity index is 2.20. The van der Waals surface area contributed by atoms with Gasteiger partial charge in [0, 0.05) is 10.0 Å². The number of hydrogen-bond acceptors (Lipinski definition) is 1. The number of carbonyl (C=O) groups is 1. The summed E-state index contributed by atoms with van der Waals surface area (Å²) in [6.45, 7) is 8.62. The summed E-state index contributed by atoms with van der Waals surface area (Å²) in [4.78, 5) is 12.5. The van der Waals surface area contributed by atoms with Crippen molar-refractivity contribution in [1.29, 1.82) is 0 Å². The molecule has 0 radical (unpaired) electrons. The summed E-state index contributed by atoms with van der Waals surface area (Å²) < 4.78 is 0.910. The lowest BCUT2D eigenvalue weighted by atomic mass is 9.93. The van der Waals surface area contributed by atoms with E-state index in [-0.39, 0.29) is 11.9 Å². The minimum absolute atomic E-state index is 0.00249. The number of nitrogens with one attached hydrogen (secondary N) is 1. The zero-order chi connectivity index (χ0) is 17.0. The minimum atomic E-state index is -0.0436. The SMILES string of the molecule is CC(C)c1ccc([C@@H](NC(=O)c2cccc(Br)c2)C(C)C)cc1. The van der Waals surface area contributed by atoms with Crippen LogP contribution in [0.3, 0.4) is 0 Å². The van der Waals surface area contributed by atoms with Gasteiger partial charge in [0.25, 0.3) is 5.91 Å². The maximum Gasteiger partial charge on any atom is 0.251 e. The first-order chi connectivity index (χ1) is 10.9. The van der Waals surface area contributed by atoms with Crippen molar-refractivity contribution in [3.05, 3.63) is 69.7 Å². The molecule has 0 bridgehead atoms. The van der Waals surface area contributed by atoms with Crippen LogP contribution in [0.15, 0.2) is 53.0 Å². The normalized spacial score (nSPS) is 12.5. The third-order valence-corrected chi connectivity index (χ3v) is 4.50. The van der Waals surface area contributed by atoms with E-state index < -0.39 is 0 Å². The van der Waals surface area contributed by atoms with Crippen LogP contribution in [0.5, 0.6) is 0 Å². The van der Waals surface area contributed by atoms with E-state index in [9.17, 15) is 4.79 Å². The average Bonchev–Trinajstić information content (AvgIpc) is 2.52. The van der Waals surface area contributed by atoms with E-state index in [1.54, 1.807) is 0 Å². The second kappa shape index (κ2) is 7.78. The van der Waals surface area contributed by atoms with E-state index in [0.717, 1.165) is 10.0 Å². The highest BCUT2D eigenvalue weighted by atomic mass is 79.9. The summed E-state index contributed by atoms with van der Waals surface area (Å²) in [5, 5.41) is 3.17. The fourth-order valence-corrected chi connectivity index (χ4v) is 2.98. The van der Waals surface area contributed by atoms with Crippen LogP contribution in [0.1, 0.15) is 61.1 Å². The molecule has 23 heavy (non-hydrogen) atoms. The van der Waals surface area contributed by atoms with E-state index in [4.69, 9.17) is 0 Å². The molecule has 0 aliphatic carbocycles. The molecule has 0 saturated heterocycles. The molecule has 0 aromatic heterocycles. The molecule has 0 aliphatic heterocycles. The third kappa shape index (κ3) is 4.68. The standard InChI is InChI=1S/C20H24BrNO/c1-13(2)15-8-10-16(11-9-15)19(14(3)4)22-20(23)17-6-5-7-18(21)12-17/h5-14,19H,1-4H3,(H,22,23)/t19-/m0/s1. The van der Waals surface area contributed by atoms with Gasteiger partial charge in [-0.25, -0.2) is 0 Å². The molecule has 1 N–H and O–H groups in total. The summed E-state index contributed by atoms with van der Waals surface area (Å²) in [6, 6.07) is 16.0. The summed E-state index contributed by atoms with van der Waals surface area (Å²) in [6.07, 6.45) is 0. The molecule has 1 amide bonds. The topological polar surface area (TPSA) is 29.1 Å². The molecule has 0 aliphatic rings. The Hall–Kier alpha value is -1.61. The number of amides is 1. The smallest absolute Gasteiger partial charge is 0.251 e. The van der Waals surface area contributed by atoms with E-state index >= 15 is 0 Å². The maximum absolute atomic E-state index is 12.5. The van der Waals surface area contributed by atoms with Gasteiger partial charge in [0.1, 0.15) is 0 Å². The van der Waals surface area contributed by atoms with Crippen LogP contribution in [-0.4, -0.2) is 5.91 Å². The Bertz CT molecular complexity index is 662. The van der Waals surface area contributed by atoms with E-state index in [1.807, 2.05) is 24.3 Å². The van der Waals surface area contributed by atoms with Crippen LogP contribution in [0, 0.1) is 5.92 Å². The summed E-state index contributed by atoms with van der Waals surface area (Å²) in [7, 11) is 0. The molecule has 122 valence electrons.